The van der Waals surface area contributed by atoms with Crippen LogP contribution >= 0.6 is 0 Å². The predicted molar refractivity (Wildman–Crippen MR) is 58.0 cm³/mol. The zero-order valence-electron chi connectivity index (χ0n) is 9.29. The highest BCUT2D eigenvalue weighted by molar-refractivity contribution is 5.20. The van der Waals surface area contributed by atoms with Crippen molar-refractivity contribution in [2.75, 3.05) is 0 Å². The number of aliphatic hydroxyl groups is 1. The molecule has 0 aliphatic heterocycles. The molecule has 16 heavy (non-hydrogen) atoms. The van der Waals surface area contributed by atoms with Crippen molar-refractivity contribution in [3.8, 4) is 0 Å². The fourth-order valence-corrected chi connectivity index (χ4v) is 2.50. The summed E-state index contributed by atoms with van der Waals surface area (Å²) >= 11 is 0. The molecule has 1 aliphatic rings. The summed E-state index contributed by atoms with van der Waals surface area (Å²) in [6, 6.07) is 3.95. The quantitative estimate of drug-likeness (QED) is 0.822. The van der Waals surface area contributed by atoms with Gasteiger partial charge in [0.2, 0.25) is 0 Å². The molecule has 0 saturated heterocycles. The van der Waals surface area contributed by atoms with Crippen LogP contribution in [0.5, 0.6) is 0 Å². The molecule has 88 valence electrons. The smallest absolute Gasteiger partial charge is 0.129 e. The molecular formula is C13H16F2O. The maximum absolute atomic E-state index is 13.4. The molecule has 1 aromatic carbocycles. The Bertz CT molecular complexity index is 358. The van der Waals surface area contributed by atoms with Crippen LogP contribution in [0.2, 0.25) is 0 Å². The van der Waals surface area contributed by atoms with Crippen LogP contribution in [0, 0.1) is 23.5 Å². The van der Waals surface area contributed by atoms with Gasteiger partial charge < -0.3 is 5.11 Å². The molecule has 0 radical (unpaired) electrons. The van der Waals surface area contributed by atoms with E-state index in [0.29, 0.717) is 6.42 Å². The summed E-state index contributed by atoms with van der Waals surface area (Å²) in [6.45, 7) is 1.95. The van der Waals surface area contributed by atoms with Crippen LogP contribution in [-0.2, 0) is 6.42 Å². The number of hydrogen-bond acceptors (Lipinski definition) is 1. The molecule has 1 N–H and O–H groups in total. The van der Waals surface area contributed by atoms with E-state index in [4.69, 9.17) is 0 Å². The van der Waals surface area contributed by atoms with Gasteiger partial charge in [0, 0.05) is 5.56 Å². The first-order valence-corrected chi connectivity index (χ1v) is 5.70. The Kier molecular flexibility index (Phi) is 3.24. The lowest BCUT2D eigenvalue weighted by Gasteiger charge is -2.17. The van der Waals surface area contributed by atoms with Gasteiger partial charge in [-0.2, -0.15) is 0 Å². The Balaban J connectivity index is 2.15. The highest BCUT2D eigenvalue weighted by Gasteiger charge is 2.32. The normalized spacial score (nSPS) is 29.6. The third-order valence-electron chi connectivity index (χ3n) is 3.71. The van der Waals surface area contributed by atoms with Crippen LogP contribution in [0.3, 0.4) is 0 Å². The number of hydrogen-bond donors (Lipinski definition) is 1. The topological polar surface area (TPSA) is 20.2 Å². The predicted octanol–water partition coefficient (Wildman–Crippen LogP) is 2.91. The summed E-state index contributed by atoms with van der Waals surface area (Å²) in [5.74, 6) is -0.650. The second-order valence-electron chi connectivity index (χ2n) is 4.67. The molecule has 1 aliphatic carbocycles. The molecule has 0 bridgehead atoms. The number of aliphatic hydroxyl groups excluding tert-OH is 1. The summed E-state index contributed by atoms with van der Waals surface area (Å²) in [5.41, 5.74) is 0.161. The summed E-state index contributed by atoms with van der Waals surface area (Å²) in [4.78, 5) is 0. The maximum atomic E-state index is 13.4. The van der Waals surface area contributed by atoms with E-state index in [1.165, 1.54) is 18.2 Å². The van der Waals surface area contributed by atoms with Gasteiger partial charge in [0.1, 0.15) is 11.6 Å². The van der Waals surface area contributed by atoms with E-state index in [9.17, 15) is 13.9 Å². The van der Waals surface area contributed by atoms with Crippen molar-refractivity contribution in [3.63, 3.8) is 0 Å². The molecule has 1 saturated carbocycles. The van der Waals surface area contributed by atoms with Gasteiger partial charge in [-0.3, -0.25) is 0 Å². The molecule has 3 unspecified atom stereocenters. The minimum Gasteiger partial charge on any atom is -0.393 e. The fourth-order valence-electron chi connectivity index (χ4n) is 2.50. The van der Waals surface area contributed by atoms with Crippen molar-refractivity contribution in [2.45, 2.75) is 32.3 Å². The van der Waals surface area contributed by atoms with Gasteiger partial charge in [0.15, 0.2) is 0 Å². The molecule has 1 aromatic rings. The second-order valence-corrected chi connectivity index (χ2v) is 4.67. The number of rotatable bonds is 2. The van der Waals surface area contributed by atoms with E-state index < -0.39 is 11.6 Å². The van der Waals surface area contributed by atoms with Crippen molar-refractivity contribution in [3.05, 3.63) is 35.4 Å². The largest absolute Gasteiger partial charge is 0.393 e. The van der Waals surface area contributed by atoms with Crippen molar-refractivity contribution in [1.82, 2.24) is 0 Å². The summed E-state index contributed by atoms with van der Waals surface area (Å²) in [6.07, 6.45) is 1.65. The first-order valence-electron chi connectivity index (χ1n) is 5.70. The molecule has 1 fully saturated rings. The van der Waals surface area contributed by atoms with Gasteiger partial charge in [-0.25, -0.2) is 8.78 Å². The van der Waals surface area contributed by atoms with Gasteiger partial charge in [-0.05, 0) is 43.2 Å². The Morgan fingerprint density at radius 3 is 2.38 bits per heavy atom. The van der Waals surface area contributed by atoms with E-state index in [-0.39, 0.29) is 23.5 Å². The third kappa shape index (κ3) is 2.09. The van der Waals surface area contributed by atoms with Crippen LogP contribution in [0.4, 0.5) is 8.78 Å². The van der Waals surface area contributed by atoms with Crippen LogP contribution in [-0.4, -0.2) is 11.2 Å². The average Bonchev–Trinajstić information content (AvgIpc) is 2.55. The highest BCUT2D eigenvalue weighted by Crippen LogP contribution is 2.35. The highest BCUT2D eigenvalue weighted by atomic mass is 19.1. The number of benzene rings is 1. The van der Waals surface area contributed by atoms with Crippen LogP contribution in [0.25, 0.3) is 0 Å². The SMILES string of the molecule is CC1C(O)CCC1Cc1c(F)cccc1F. The van der Waals surface area contributed by atoms with Crippen LogP contribution < -0.4 is 0 Å². The van der Waals surface area contributed by atoms with Crippen molar-refractivity contribution in [2.24, 2.45) is 11.8 Å². The molecule has 3 heteroatoms. The average molecular weight is 226 g/mol. The molecule has 0 spiro atoms. The molecular weight excluding hydrogens is 210 g/mol. The van der Waals surface area contributed by atoms with Gasteiger partial charge in [-0.15, -0.1) is 0 Å². The van der Waals surface area contributed by atoms with E-state index in [2.05, 4.69) is 0 Å². The van der Waals surface area contributed by atoms with Gasteiger partial charge >= 0.3 is 0 Å². The van der Waals surface area contributed by atoms with E-state index >= 15 is 0 Å². The van der Waals surface area contributed by atoms with E-state index in [1.54, 1.807) is 0 Å². The fraction of sp³-hybridized carbons (Fsp3) is 0.538. The monoisotopic (exact) mass is 226 g/mol. The molecule has 0 aromatic heterocycles. The summed E-state index contributed by atoms with van der Waals surface area (Å²) in [7, 11) is 0. The Hall–Kier alpha value is -0.960. The molecule has 0 amide bonds. The molecule has 0 heterocycles. The first-order chi connectivity index (χ1) is 7.59. The third-order valence-corrected chi connectivity index (χ3v) is 3.71. The van der Waals surface area contributed by atoms with Crippen molar-refractivity contribution >= 4 is 0 Å². The minimum absolute atomic E-state index is 0.124. The summed E-state index contributed by atoms with van der Waals surface area (Å²) < 4.78 is 26.9. The molecule has 2 rings (SSSR count). The zero-order chi connectivity index (χ0) is 11.7. The number of halogens is 2. The van der Waals surface area contributed by atoms with Crippen LogP contribution in [0.15, 0.2) is 18.2 Å². The Morgan fingerprint density at radius 2 is 1.88 bits per heavy atom. The zero-order valence-corrected chi connectivity index (χ0v) is 9.29. The van der Waals surface area contributed by atoms with Gasteiger partial charge in [0.05, 0.1) is 6.10 Å². The van der Waals surface area contributed by atoms with Crippen molar-refractivity contribution in [1.29, 1.82) is 0 Å². The lowest BCUT2D eigenvalue weighted by atomic mass is 9.90. The molecule has 3 atom stereocenters. The van der Waals surface area contributed by atoms with Crippen molar-refractivity contribution < 1.29 is 13.9 Å². The lowest BCUT2D eigenvalue weighted by Crippen LogP contribution is -2.17. The minimum atomic E-state index is -0.478. The van der Waals surface area contributed by atoms with Gasteiger partial charge in [0.25, 0.3) is 0 Å². The second kappa shape index (κ2) is 4.50. The Morgan fingerprint density at radius 1 is 1.25 bits per heavy atom. The van der Waals surface area contributed by atoms with Gasteiger partial charge in [-0.1, -0.05) is 13.0 Å². The standard InChI is InChI=1S/C13H16F2O/c1-8-9(5-6-13(8)16)7-10-11(14)3-2-4-12(10)15/h2-4,8-9,13,16H,5-7H2,1H3. The van der Waals surface area contributed by atoms with E-state index in [0.717, 1.165) is 12.8 Å². The maximum Gasteiger partial charge on any atom is 0.129 e. The summed E-state index contributed by atoms with van der Waals surface area (Å²) in [5, 5.41) is 9.60. The van der Waals surface area contributed by atoms with Crippen LogP contribution in [0.1, 0.15) is 25.3 Å². The first kappa shape index (κ1) is 11.5. The lowest BCUT2D eigenvalue weighted by molar-refractivity contribution is 0.127. The van der Waals surface area contributed by atoms with E-state index in [1.807, 2.05) is 6.92 Å². The Labute approximate surface area is 94.1 Å². The molecule has 1 nitrogen and oxygen atoms in total.